The Hall–Kier alpha value is -0.810. The third kappa shape index (κ3) is 2.90. The standard InChI is InChI=1S/C12H19NO3S/c1-9-4-5-11(16-9)10(2)13-12(3)6-7-17(14,15)8-12/h4-5,10,13H,6-8H2,1-3H3. The Labute approximate surface area is 102 Å². The average Bonchev–Trinajstić information content (AvgIpc) is 2.71. The second kappa shape index (κ2) is 4.14. The molecule has 96 valence electrons. The summed E-state index contributed by atoms with van der Waals surface area (Å²) in [5, 5.41) is 3.37. The molecule has 0 bridgehead atoms. The number of hydrogen-bond acceptors (Lipinski definition) is 4. The van der Waals surface area contributed by atoms with Gasteiger partial charge in [-0.2, -0.15) is 0 Å². The summed E-state index contributed by atoms with van der Waals surface area (Å²) in [6, 6.07) is 3.88. The van der Waals surface area contributed by atoms with Crippen LogP contribution >= 0.6 is 0 Å². The van der Waals surface area contributed by atoms with E-state index in [2.05, 4.69) is 5.32 Å². The lowest BCUT2D eigenvalue weighted by atomic mass is 10.0. The Morgan fingerprint density at radius 1 is 1.47 bits per heavy atom. The van der Waals surface area contributed by atoms with Gasteiger partial charge in [-0.05, 0) is 39.3 Å². The lowest BCUT2D eigenvalue weighted by Gasteiger charge is -2.27. The van der Waals surface area contributed by atoms with E-state index in [0.717, 1.165) is 11.5 Å². The molecule has 2 atom stereocenters. The van der Waals surface area contributed by atoms with Crippen molar-refractivity contribution in [2.45, 2.75) is 38.8 Å². The minimum atomic E-state index is -2.87. The van der Waals surface area contributed by atoms with Crippen LogP contribution in [0.1, 0.15) is 37.8 Å². The first-order chi connectivity index (χ1) is 7.80. The molecule has 5 heteroatoms. The van der Waals surface area contributed by atoms with Crippen LogP contribution in [-0.4, -0.2) is 25.5 Å². The fourth-order valence-corrected chi connectivity index (χ4v) is 4.51. The highest BCUT2D eigenvalue weighted by Gasteiger charge is 2.39. The highest BCUT2D eigenvalue weighted by molar-refractivity contribution is 7.91. The largest absolute Gasteiger partial charge is 0.465 e. The van der Waals surface area contributed by atoms with E-state index in [1.807, 2.05) is 32.9 Å². The normalized spacial score (nSPS) is 29.4. The van der Waals surface area contributed by atoms with E-state index < -0.39 is 9.84 Å². The Balaban J connectivity index is 2.07. The van der Waals surface area contributed by atoms with E-state index in [-0.39, 0.29) is 23.1 Å². The number of sulfone groups is 1. The van der Waals surface area contributed by atoms with Crippen LogP contribution in [0.4, 0.5) is 0 Å². The monoisotopic (exact) mass is 257 g/mol. The molecule has 0 amide bonds. The summed E-state index contributed by atoms with van der Waals surface area (Å²) in [6.45, 7) is 5.86. The van der Waals surface area contributed by atoms with Gasteiger partial charge in [-0.15, -0.1) is 0 Å². The molecule has 2 rings (SSSR count). The fraction of sp³-hybridized carbons (Fsp3) is 0.667. The topological polar surface area (TPSA) is 59.3 Å². The first-order valence-corrected chi connectivity index (χ1v) is 7.66. The van der Waals surface area contributed by atoms with Gasteiger partial charge in [-0.25, -0.2) is 8.42 Å². The number of aryl methyl sites for hydroxylation is 1. The van der Waals surface area contributed by atoms with Gasteiger partial charge in [0.05, 0.1) is 17.5 Å². The highest BCUT2D eigenvalue weighted by atomic mass is 32.2. The molecule has 4 nitrogen and oxygen atoms in total. The van der Waals surface area contributed by atoms with Crippen molar-refractivity contribution in [2.24, 2.45) is 0 Å². The predicted molar refractivity (Wildman–Crippen MR) is 66.7 cm³/mol. The second-order valence-corrected chi connectivity index (χ2v) is 7.40. The Bertz CT molecular complexity index is 506. The summed E-state index contributed by atoms with van der Waals surface area (Å²) in [5.74, 6) is 2.22. The molecular weight excluding hydrogens is 238 g/mol. The molecule has 1 N–H and O–H groups in total. The van der Waals surface area contributed by atoms with Gasteiger partial charge in [-0.1, -0.05) is 0 Å². The molecule has 1 fully saturated rings. The second-order valence-electron chi connectivity index (χ2n) is 5.22. The molecule has 17 heavy (non-hydrogen) atoms. The number of nitrogens with one attached hydrogen (secondary N) is 1. The summed E-state index contributed by atoms with van der Waals surface area (Å²) in [7, 11) is -2.87. The third-order valence-corrected chi connectivity index (χ3v) is 5.16. The summed E-state index contributed by atoms with van der Waals surface area (Å²) in [6.07, 6.45) is 0.666. The molecule has 0 spiro atoms. The van der Waals surface area contributed by atoms with Gasteiger partial charge in [-0.3, -0.25) is 0 Å². The van der Waals surface area contributed by atoms with E-state index in [4.69, 9.17) is 4.42 Å². The van der Waals surface area contributed by atoms with Gasteiger partial charge in [0.25, 0.3) is 0 Å². The zero-order valence-electron chi connectivity index (χ0n) is 10.5. The zero-order chi connectivity index (χ0) is 12.7. The van der Waals surface area contributed by atoms with Gasteiger partial charge in [0, 0.05) is 5.54 Å². The van der Waals surface area contributed by atoms with Crippen molar-refractivity contribution in [3.8, 4) is 0 Å². The molecule has 2 heterocycles. The Morgan fingerprint density at radius 2 is 2.18 bits per heavy atom. The van der Waals surface area contributed by atoms with Crippen LogP contribution < -0.4 is 5.32 Å². The molecular formula is C12H19NO3S. The van der Waals surface area contributed by atoms with Crippen LogP contribution in [0.3, 0.4) is 0 Å². The maximum atomic E-state index is 11.5. The van der Waals surface area contributed by atoms with Gasteiger partial charge in [0.1, 0.15) is 11.5 Å². The van der Waals surface area contributed by atoms with Gasteiger partial charge >= 0.3 is 0 Å². The van der Waals surface area contributed by atoms with Crippen LogP contribution in [0.25, 0.3) is 0 Å². The van der Waals surface area contributed by atoms with Gasteiger partial charge < -0.3 is 9.73 Å². The minimum absolute atomic E-state index is 0.0296. The highest BCUT2D eigenvalue weighted by Crippen LogP contribution is 2.27. The van der Waals surface area contributed by atoms with Crippen molar-refractivity contribution >= 4 is 9.84 Å². The molecule has 0 aliphatic carbocycles. The smallest absolute Gasteiger partial charge is 0.152 e. The van der Waals surface area contributed by atoms with Crippen molar-refractivity contribution in [3.63, 3.8) is 0 Å². The van der Waals surface area contributed by atoms with Gasteiger partial charge in [0.15, 0.2) is 9.84 Å². The molecule has 0 saturated carbocycles. The van der Waals surface area contributed by atoms with Crippen LogP contribution in [-0.2, 0) is 9.84 Å². The van der Waals surface area contributed by atoms with E-state index in [9.17, 15) is 8.42 Å². The van der Waals surface area contributed by atoms with Crippen LogP contribution in [0.15, 0.2) is 16.5 Å². The summed E-state index contributed by atoms with van der Waals surface area (Å²) < 4.78 is 28.6. The SMILES string of the molecule is Cc1ccc(C(C)NC2(C)CCS(=O)(=O)C2)o1. The summed E-state index contributed by atoms with van der Waals surface area (Å²) in [5.41, 5.74) is -0.334. The number of furan rings is 1. The Morgan fingerprint density at radius 3 is 2.65 bits per heavy atom. The van der Waals surface area contributed by atoms with Crippen LogP contribution in [0.5, 0.6) is 0 Å². The Kier molecular flexibility index (Phi) is 3.08. The average molecular weight is 257 g/mol. The van der Waals surface area contributed by atoms with Crippen LogP contribution in [0, 0.1) is 6.92 Å². The lowest BCUT2D eigenvalue weighted by molar-refractivity contribution is 0.319. The van der Waals surface area contributed by atoms with E-state index in [1.54, 1.807) is 0 Å². The molecule has 1 saturated heterocycles. The molecule has 1 aromatic heterocycles. The zero-order valence-corrected chi connectivity index (χ0v) is 11.3. The first-order valence-electron chi connectivity index (χ1n) is 5.84. The summed E-state index contributed by atoms with van der Waals surface area (Å²) in [4.78, 5) is 0. The molecule has 0 aromatic carbocycles. The quantitative estimate of drug-likeness (QED) is 0.897. The minimum Gasteiger partial charge on any atom is -0.465 e. The van der Waals surface area contributed by atoms with Crippen molar-refractivity contribution in [2.75, 3.05) is 11.5 Å². The first kappa shape index (κ1) is 12.6. The van der Waals surface area contributed by atoms with Crippen LogP contribution in [0.2, 0.25) is 0 Å². The molecule has 1 aliphatic rings. The molecule has 1 aromatic rings. The molecule has 0 radical (unpaired) electrons. The van der Waals surface area contributed by atoms with Crippen molar-refractivity contribution in [3.05, 3.63) is 23.7 Å². The van der Waals surface area contributed by atoms with Crippen molar-refractivity contribution in [1.29, 1.82) is 0 Å². The molecule has 2 unspecified atom stereocenters. The van der Waals surface area contributed by atoms with Crippen molar-refractivity contribution in [1.82, 2.24) is 5.32 Å². The third-order valence-electron chi connectivity index (χ3n) is 3.26. The fourth-order valence-electron chi connectivity index (χ4n) is 2.40. The van der Waals surface area contributed by atoms with Crippen molar-refractivity contribution < 1.29 is 12.8 Å². The van der Waals surface area contributed by atoms with E-state index in [0.29, 0.717) is 6.42 Å². The maximum absolute atomic E-state index is 11.5. The maximum Gasteiger partial charge on any atom is 0.152 e. The number of hydrogen-bond donors (Lipinski definition) is 1. The summed E-state index contributed by atoms with van der Waals surface area (Å²) >= 11 is 0. The van der Waals surface area contributed by atoms with Gasteiger partial charge in [0.2, 0.25) is 0 Å². The number of rotatable bonds is 3. The lowest BCUT2D eigenvalue weighted by Crippen LogP contribution is -2.44. The van der Waals surface area contributed by atoms with E-state index in [1.165, 1.54) is 0 Å². The predicted octanol–water partition coefficient (Wildman–Crippen LogP) is 1.82. The van der Waals surface area contributed by atoms with E-state index >= 15 is 0 Å². The molecule has 1 aliphatic heterocycles.